The van der Waals surface area contributed by atoms with Gasteiger partial charge in [0.2, 0.25) is 5.75 Å². The molecule has 14 heavy (non-hydrogen) atoms. The van der Waals surface area contributed by atoms with Gasteiger partial charge in [-0.15, -0.1) is 0 Å². The summed E-state index contributed by atoms with van der Waals surface area (Å²) in [6.07, 6.45) is 0. The van der Waals surface area contributed by atoms with Gasteiger partial charge in [-0.1, -0.05) is 0 Å². The average molecular weight is 198 g/mol. The van der Waals surface area contributed by atoms with E-state index in [1.54, 1.807) is 0 Å². The summed E-state index contributed by atoms with van der Waals surface area (Å²) in [5, 5.41) is 8.70. The number of hydrogen-bond donors (Lipinski definition) is 1. The molecule has 0 aliphatic carbocycles. The molecule has 5 nitrogen and oxygen atoms in total. The molecule has 0 aromatic heterocycles. The highest BCUT2D eigenvalue weighted by molar-refractivity contribution is 5.88. The smallest absolute Gasteiger partial charge is 0.335 e. The normalized spacial score (nSPS) is 9.57. The molecule has 0 heterocycles. The zero-order valence-corrected chi connectivity index (χ0v) is 7.81. The second-order valence-electron chi connectivity index (χ2n) is 2.42. The molecule has 1 rings (SSSR count). The van der Waals surface area contributed by atoms with Crippen LogP contribution in [0.2, 0.25) is 0 Å². The molecule has 0 unspecified atom stereocenters. The number of carboxylic acid groups (broad SMARTS) is 1. The fourth-order valence-corrected chi connectivity index (χ4v) is 0.959. The topological polar surface area (TPSA) is 65.0 Å². The predicted octanol–water partition coefficient (Wildman–Crippen LogP) is 1.33. The molecule has 0 spiro atoms. The number of hydrogen-bond acceptors (Lipinski definition) is 4. The molecule has 0 aliphatic heterocycles. The number of benzene rings is 1. The Balaban J connectivity index is 3.04. The van der Waals surface area contributed by atoms with Crippen LogP contribution in [0.1, 0.15) is 10.4 Å². The molecule has 1 aromatic carbocycles. The molecule has 1 aromatic rings. The van der Waals surface area contributed by atoms with Crippen molar-refractivity contribution < 1.29 is 24.4 Å². The van der Waals surface area contributed by atoms with E-state index in [-0.39, 0.29) is 5.56 Å². The molecule has 1 N–H and O–H groups in total. The van der Waals surface area contributed by atoms with Crippen molar-refractivity contribution in [3.05, 3.63) is 23.8 Å². The lowest BCUT2D eigenvalue weighted by molar-refractivity contribution is -0.179. The van der Waals surface area contributed by atoms with Gasteiger partial charge < -0.3 is 14.7 Å². The number of aromatic carboxylic acids is 1. The molecule has 0 amide bonds. The fourth-order valence-electron chi connectivity index (χ4n) is 0.959. The van der Waals surface area contributed by atoms with Crippen LogP contribution < -0.4 is 9.62 Å². The largest absolute Gasteiger partial charge is 0.493 e. The van der Waals surface area contributed by atoms with E-state index in [0.717, 1.165) is 0 Å². The lowest BCUT2D eigenvalue weighted by Gasteiger charge is -2.07. The van der Waals surface area contributed by atoms with Crippen molar-refractivity contribution in [3.8, 4) is 11.5 Å². The Morgan fingerprint density at radius 1 is 1.29 bits per heavy atom. The highest BCUT2D eigenvalue weighted by atomic mass is 17.2. The van der Waals surface area contributed by atoms with Gasteiger partial charge in [0.1, 0.15) is 0 Å². The third-order valence-electron chi connectivity index (χ3n) is 1.58. The summed E-state index contributed by atoms with van der Waals surface area (Å²) in [7, 11) is 2.77. The van der Waals surface area contributed by atoms with Crippen LogP contribution in [-0.2, 0) is 4.89 Å². The van der Waals surface area contributed by atoms with E-state index in [1.165, 1.54) is 32.4 Å². The molecule has 0 saturated heterocycles. The van der Waals surface area contributed by atoms with Crippen molar-refractivity contribution in [3.63, 3.8) is 0 Å². The van der Waals surface area contributed by atoms with Gasteiger partial charge in [0.25, 0.3) is 0 Å². The van der Waals surface area contributed by atoms with E-state index in [9.17, 15) is 4.79 Å². The van der Waals surface area contributed by atoms with Crippen molar-refractivity contribution >= 4 is 5.97 Å². The number of rotatable bonds is 4. The Kier molecular flexibility index (Phi) is 3.30. The molecule has 5 heteroatoms. The summed E-state index contributed by atoms with van der Waals surface area (Å²) in [5.41, 5.74) is 0.130. The number of ether oxygens (including phenoxy) is 1. The summed E-state index contributed by atoms with van der Waals surface area (Å²) in [6, 6.07) is 4.22. The maximum Gasteiger partial charge on any atom is 0.335 e. The van der Waals surface area contributed by atoms with Gasteiger partial charge in [0.05, 0.1) is 19.8 Å². The van der Waals surface area contributed by atoms with Crippen LogP contribution in [0.5, 0.6) is 11.5 Å². The highest BCUT2D eigenvalue weighted by Gasteiger charge is 2.10. The predicted molar refractivity (Wildman–Crippen MR) is 47.6 cm³/mol. The van der Waals surface area contributed by atoms with Crippen LogP contribution >= 0.6 is 0 Å². The first kappa shape index (κ1) is 10.3. The van der Waals surface area contributed by atoms with Crippen molar-refractivity contribution in [1.82, 2.24) is 0 Å². The molecular formula is C9H10O5. The lowest BCUT2D eigenvalue weighted by Crippen LogP contribution is -1.99. The van der Waals surface area contributed by atoms with Crippen LogP contribution in [0.25, 0.3) is 0 Å². The van der Waals surface area contributed by atoms with Crippen LogP contribution in [0.3, 0.4) is 0 Å². The van der Waals surface area contributed by atoms with Crippen LogP contribution in [0.4, 0.5) is 0 Å². The van der Waals surface area contributed by atoms with E-state index in [4.69, 9.17) is 14.7 Å². The van der Waals surface area contributed by atoms with E-state index < -0.39 is 5.97 Å². The van der Waals surface area contributed by atoms with E-state index in [0.29, 0.717) is 11.5 Å². The number of methoxy groups -OCH3 is 1. The quantitative estimate of drug-likeness (QED) is 0.584. The van der Waals surface area contributed by atoms with E-state index in [1.807, 2.05) is 0 Å². The van der Waals surface area contributed by atoms with Gasteiger partial charge in [0, 0.05) is 0 Å². The van der Waals surface area contributed by atoms with Gasteiger partial charge >= 0.3 is 5.97 Å². The lowest BCUT2D eigenvalue weighted by atomic mass is 10.2. The second kappa shape index (κ2) is 4.48. The zero-order chi connectivity index (χ0) is 10.6. The molecule has 0 radical (unpaired) electrons. The molecule has 0 atom stereocenters. The minimum atomic E-state index is -1.02. The summed E-state index contributed by atoms with van der Waals surface area (Å²) >= 11 is 0. The molecular weight excluding hydrogens is 188 g/mol. The Morgan fingerprint density at radius 3 is 2.50 bits per heavy atom. The Bertz CT molecular complexity index is 334. The summed E-state index contributed by atoms with van der Waals surface area (Å²) < 4.78 is 4.92. The van der Waals surface area contributed by atoms with Crippen LogP contribution in [0.15, 0.2) is 18.2 Å². The van der Waals surface area contributed by atoms with Crippen molar-refractivity contribution in [2.45, 2.75) is 0 Å². The molecule has 0 bridgehead atoms. The first-order valence-electron chi connectivity index (χ1n) is 3.81. The Morgan fingerprint density at radius 2 is 2.00 bits per heavy atom. The van der Waals surface area contributed by atoms with Crippen molar-refractivity contribution in [2.24, 2.45) is 0 Å². The SMILES string of the molecule is COOc1ccc(C(=O)O)cc1OC. The molecule has 76 valence electrons. The fraction of sp³-hybridized carbons (Fsp3) is 0.222. The summed E-state index contributed by atoms with van der Waals surface area (Å²) in [6.45, 7) is 0. The molecule has 0 saturated carbocycles. The minimum Gasteiger partial charge on any atom is -0.493 e. The monoisotopic (exact) mass is 198 g/mol. The highest BCUT2D eigenvalue weighted by Crippen LogP contribution is 2.27. The third-order valence-corrected chi connectivity index (χ3v) is 1.58. The maximum atomic E-state index is 10.6. The number of carbonyl (C=O) groups is 1. The second-order valence-corrected chi connectivity index (χ2v) is 2.42. The summed E-state index contributed by atoms with van der Waals surface area (Å²) in [4.78, 5) is 19.8. The summed E-state index contributed by atoms with van der Waals surface area (Å²) in [5.74, 6) is -0.376. The molecule has 0 fully saturated rings. The van der Waals surface area contributed by atoms with Gasteiger partial charge in [0.15, 0.2) is 5.75 Å². The van der Waals surface area contributed by atoms with E-state index in [2.05, 4.69) is 4.89 Å². The zero-order valence-electron chi connectivity index (χ0n) is 7.81. The Hall–Kier alpha value is -1.75. The number of carboxylic acids is 1. The molecule has 0 aliphatic rings. The van der Waals surface area contributed by atoms with Crippen LogP contribution in [-0.4, -0.2) is 25.3 Å². The maximum absolute atomic E-state index is 10.6. The first-order valence-corrected chi connectivity index (χ1v) is 3.81. The van der Waals surface area contributed by atoms with Crippen LogP contribution in [0, 0.1) is 0 Å². The minimum absolute atomic E-state index is 0.130. The standard InChI is InChI=1S/C9H10O5/c1-12-8-5-6(9(10)11)3-4-7(8)14-13-2/h3-5H,1-2H3,(H,10,11). The van der Waals surface area contributed by atoms with Gasteiger partial charge in [-0.05, 0) is 18.2 Å². The third kappa shape index (κ3) is 2.14. The van der Waals surface area contributed by atoms with Gasteiger partial charge in [-0.25, -0.2) is 4.79 Å². The van der Waals surface area contributed by atoms with Gasteiger partial charge in [-0.3, -0.25) is 0 Å². The van der Waals surface area contributed by atoms with Crippen molar-refractivity contribution in [2.75, 3.05) is 14.2 Å². The first-order chi connectivity index (χ1) is 6.69. The average Bonchev–Trinajstić information content (AvgIpc) is 2.18. The van der Waals surface area contributed by atoms with Gasteiger partial charge in [-0.2, -0.15) is 4.89 Å². The Labute approximate surface area is 80.8 Å². The van der Waals surface area contributed by atoms with E-state index >= 15 is 0 Å². The van der Waals surface area contributed by atoms with Crippen molar-refractivity contribution in [1.29, 1.82) is 0 Å².